The number of furan rings is 1. The van der Waals surface area contributed by atoms with Gasteiger partial charge in [0.2, 0.25) is 15.9 Å². The molecule has 1 aromatic heterocycles. The van der Waals surface area contributed by atoms with Crippen LogP contribution in [0.3, 0.4) is 0 Å². The number of benzene rings is 1. The number of nitrogens with one attached hydrogen (secondary N) is 1. The zero-order valence-electron chi connectivity index (χ0n) is 12.8. The Bertz CT molecular complexity index is 807. The van der Waals surface area contributed by atoms with Gasteiger partial charge in [-0.25, -0.2) is 8.42 Å². The lowest BCUT2D eigenvalue weighted by Crippen LogP contribution is -2.40. The molecule has 0 radical (unpaired) electrons. The fraction of sp³-hybridized carbons (Fsp3) is 0.267. The molecule has 0 saturated heterocycles. The van der Waals surface area contributed by atoms with Gasteiger partial charge in [0, 0.05) is 11.6 Å². The molecule has 0 fully saturated rings. The van der Waals surface area contributed by atoms with Gasteiger partial charge in [-0.2, -0.15) is 4.31 Å². The summed E-state index contributed by atoms with van der Waals surface area (Å²) in [5.74, 6) is 0.127. The molecule has 0 atom stereocenters. The number of carbonyl (C=O) groups is 1. The van der Waals surface area contributed by atoms with Crippen LogP contribution in [0.25, 0.3) is 0 Å². The Balaban J connectivity index is 2.11. The lowest BCUT2D eigenvalue weighted by atomic mass is 10.4. The molecule has 0 unspecified atom stereocenters. The summed E-state index contributed by atoms with van der Waals surface area (Å²) in [5.41, 5.74) is 0. The van der Waals surface area contributed by atoms with Crippen LogP contribution in [0.4, 0.5) is 0 Å². The number of amides is 1. The normalized spacial score (nSPS) is 11.7. The third-order valence-electron chi connectivity index (χ3n) is 3.22. The lowest BCUT2D eigenvalue weighted by Gasteiger charge is -2.20. The maximum absolute atomic E-state index is 12.7. The zero-order chi connectivity index (χ0) is 17.7. The fourth-order valence-corrected chi connectivity index (χ4v) is 4.14. The summed E-state index contributed by atoms with van der Waals surface area (Å²) in [7, 11) is -3.94. The molecule has 0 aliphatic rings. The van der Waals surface area contributed by atoms with E-state index in [0.29, 0.717) is 5.76 Å². The highest BCUT2D eigenvalue weighted by atomic mass is 35.5. The number of sulfonamides is 1. The van der Waals surface area contributed by atoms with E-state index in [1.807, 2.05) is 0 Å². The zero-order valence-corrected chi connectivity index (χ0v) is 15.2. The van der Waals surface area contributed by atoms with Crippen molar-refractivity contribution in [3.05, 3.63) is 52.4 Å². The highest BCUT2D eigenvalue weighted by Gasteiger charge is 2.27. The molecule has 1 heterocycles. The van der Waals surface area contributed by atoms with Gasteiger partial charge in [0.25, 0.3) is 0 Å². The van der Waals surface area contributed by atoms with Gasteiger partial charge < -0.3 is 9.73 Å². The van der Waals surface area contributed by atoms with Crippen molar-refractivity contribution in [1.82, 2.24) is 9.62 Å². The van der Waals surface area contributed by atoms with Crippen molar-refractivity contribution in [2.75, 3.05) is 13.1 Å². The second kappa shape index (κ2) is 8.02. The van der Waals surface area contributed by atoms with Crippen molar-refractivity contribution >= 4 is 39.1 Å². The van der Waals surface area contributed by atoms with E-state index in [9.17, 15) is 13.2 Å². The SMILES string of the molecule is CCN(CC(=O)NCc1ccco1)S(=O)(=O)c1cc(Cl)ccc1Cl. The maximum Gasteiger partial charge on any atom is 0.245 e. The third-order valence-corrected chi connectivity index (χ3v) is 5.86. The van der Waals surface area contributed by atoms with Crippen molar-refractivity contribution in [2.45, 2.75) is 18.4 Å². The smallest absolute Gasteiger partial charge is 0.245 e. The van der Waals surface area contributed by atoms with Crippen LogP contribution in [0.15, 0.2) is 45.9 Å². The summed E-state index contributed by atoms with van der Waals surface area (Å²) >= 11 is 11.8. The van der Waals surface area contributed by atoms with E-state index in [1.165, 1.54) is 24.5 Å². The van der Waals surface area contributed by atoms with E-state index < -0.39 is 15.9 Å². The molecule has 0 saturated carbocycles. The molecule has 9 heteroatoms. The average Bonchev–Trinajstić information content (AvgIpc) is 3.06. The van der Waals surface area contributed by atoms with Crippen LogP contribution in [0, 0.1) is 0 Å². The first-order valence-electron chi connectivity index (χ1n) is 7.09. The Labute approximate surface area is 150 Å². The van der Waals surface area contributed by atoms with Crippen LogP contribution in [0.1, 0.15) is 12.7 Å². The van der Waals surface area contributed by atoms with Crippen LogP contribution in [0.5, 0.6) is 0 Å². The molecule has 0 aliphatic heterocycles. The minimum Gasteiger partial charge on any atom is -0.467 e. The molecule has 1 N–H and O–H groups in total. The highest BCUT2D eigenvalue weighted by Crippen LogP contribution is 2.27. The number of nitrogens with zero attached hydrogens (tertiary/aromatic N) is 1. The molecule has 6 nitrogen and oxygen atoms in total. The monoisotopic (exact) mass is 390 g/mol. The van der Waals surface area contributed by atoms with Gasteiger partial charge in [0.05, 0.1) is 24.4 Å². The molecule has 1 amide bonds. The predicted molar refractivity (Wildman–Crippen MR) is 91.4 cm³/mol. The molecule has 130 valence electrons. The molecular weight excluding hydrogens is 375 g/mol. The van der Waals surface area contributed by atoms with E-state index in [-0.39, 0.29) is 34.6 Å². The summed E-state index contributed by atoms with van der Waals surface area (Å²) in [5, 5.41) is 2.90. The van der Waals surface area contributed by atoms with Crippen LogP contribution in [-0.2, 0) is 21.4 Å². The molecule has 0 spiro atoms. The molecule has 2 aromatic rings. The van der Waals surface area contributed by atoms with E-state index in [1.54, 1.807) is 19.1 Å². The van der Waals surface area contributed by atoms with Gasteiger partial charge in [0.15, 0.2) is 0 Å². The highest BCUT2D eigenvalue weighted by molar-refractivity contribution is 7.89. The van der Waals surface area contributed by atoms with Crippen molar-refractivity contribution in [3.63, 3.8) is 0 Å². The van der Waals surface area contributed by atoms with Crippen LogP contribution in [-0.4, -0.2) is 31.7 Å². The van der Waals surface area contributed by atoms with Crippen molar-refractivity contribution < 1.29 is 17.6 Å². The van der Waals surface area contributed by atoms with Crippen molar-refractivity contribution in [1.29, 1.82) is 0 Å². The van der Waals surface area contributed by atoms with Crippen LogP contribution >= 0.6 is 23.2 Å². The van der Waals surface area contributed by atoms with Crippen LogP contribution in [0.2, 0.25) is 10.0 Å². The summed E-state index contributed by atoms with van der Waals surface area (Å²) in [6.07, 6.45) is 1.49. The van der Waals surface area contributed by atoms with E-state index in [0.717, 1.165) is 4.31 Å². The Morgan fingerprint density at radius 3 is 2.67 bits per heavy atom. The number of hydrogen-bond donors (Lipinski definition) is 1. The second-order valence-electron chi connectivity index (χ2n) is 4.86. The minimum absolute atomic E-state index is 0.0499. The number of hydrogen-bond acceptors (Lipinski definition) is 4. The van der Waals surface area contributed by atoms with E-state index in [2.05, 4.69) is 5.32 Å². The Morgan fingerprint density at radius 2 is 2.04 bits per heavy atom. The maximum atomic E-state index is 12.7. The van der Waals surface area contributed by atoms with Gasteiger partial charge in [-0.05, 0) is 30.3 Å². The predicted octanol–water partition coefficient (Wildman–Crippen LogP) is 2.91. The minimum atomic E-state index is -3.94. The quantitative estimate of drug-likeness (QED) is 0.787. The van der Waals surface area contributed by atoms with Gasteiger partial charge in [-0.1, -0.05) is 30.1 Å². The first-order chi connectivity index (χ1) is 11.3. The Kier molecular flexibility index (Phi) is 6.28. The Morgan fingerprint density at radius 1 is 1.29 bits per heavy atom. The number of carbonyl (C=O) groups excluding carboxylic acids is 1. The van der Waals surface area contributed by atoms with Crippen molar-refractivity contribution in [3.8, 4) is 0 Å². The third kappa shape index (κ3) is 4.51. The summed E-state index contributed by atoms with van der Waals surface area (Å²) in [6, 6.07) is 7.57. The largest absolute Gasteiger partial charge is 0.467 e. The van der Waals surface area contributed by atoms with Crippen LogP contribution < -0.4 is 5.32 Å². The molecule has 0 bridgehead atoms. The second-order valence-corrected chi connectivity index (χ2v) is 7.61. The fourth-order valence-electron chi connectivity index (χ4n) is 2.00. The average molecular weight is 391 g/mol. The summed E-state index contributed by atoms with van der Waals surface area (Å²) in [6.45, 7) is 1.60. The first kappa shape index (κ1) is 18.8. The first-order valence-corrected chi connectivity index (χ1v) is 9.28. The molecule has 0 aliphatic carbocycles. The van der Waals surface area contributed by atoms with Gasteiger partial charge in [-0.3, -0.25) is 4.79 Å². The Hall–Kier alpha value is -1.54. The number of rotatable bonds is 7. The molecule has 2 rings (SSSR count). The van der Waals surface area contributed by atoms with E-state index in [4.69, 9.17) is 27.6 Å². The van der Waals surface area contributed by atoms with Crippen molar-refractivity contribution in [2.24, 2.45) is 0 Å². The molecule has 24 heavy (non-hydrogen) atoms. The summed E-state index contributed by atoms with van der Waals surface area (Å²) < 4.78 is 31.5. The molecule has 1 aromatic carbocycles. The topological polar surface area (TPSA) is 79.6 Å². The molecular formula is C15H16Cl2N2O4S. The number of likely N-dealkylation sites (N-methyl/N-ethyl adjacent to an activating group) is 1. The van der Waals surface area contributed by atoms with Gasteiger partial charge in [-0.15, -0.1) is 0 Å². The number of halogens is 2. The summed E-state index contributed by atoms with van der Waals surface area (Å²) in [4.78, 5) is 11.9. The van der Waals surface area contributed by atoms with Gasteiger partial charge >= 0.3 is 0 Å². The lowest BCUT2D eigenvalue weighted by molar-refractivity contribution is -0.121. The van der Waals surface area contributed by atoms with Gasteiger partial charge in [0.1, 0.15) is 10.7 Å². The van der Waals surface area contributed by atoms with E-state index >= 15 is 0 Å². The standard InChI is InChI=1S/C15H16Cl2N2O4S/c1-2-19(10-15(20)18-9-12-4-3-7-23-12)24(21,22)14-8-11(16)5-6-13(14)17/h3-8H,2,9-10H2,1H3,(H,18,20).